The zero-order valence-electron chi connectivity index (χ0n) is 19.4. The number of aromatic nitrogens is 6. The summed E-state index contributed by atoms with van der Waals surface area (Å²) in [5.41, 5.74) is 0.762. The third-order valence-corrected chi connectivity index (χ3v) is 6.66. The van der Waals surface area contributed by atoms with E-state index in [0.29, 0.717) is 28.8 Å². The van der Waals surface area contributed by atoms with E-state index < -0.39 is 23.3 Å². The number of H-pyrrole nitrogens is 1. The van der Waals surface area contributed by atoms with Gasteiger partial charge in [0.05, 0.1) is 39.7 Å². The van der Waals surface area contributed by atoms with Crippen LogP contribution in [0.1, 0.15) is 23.9 Å². The molecule has 14 heteroatoms. The number of rotatable bonds is 3. The molecule has 5 aromatic rings. The van der Waals surface area contributed by atoms with Crippen LogP contribution in [0.15, 0.2) is 53.8 Å². The Kier molecular flexibility index (Phi) is 7.37. The second-order valence-corrected chi connectivity index (χ2v) is 8.81. The van der Waals surface area contributed by atoms with Gasteiger partial charge in [-0.2, -0.15) is 42.6 Å². The highest BCUT2D eigenvalue weighted by atomic mass is 35.5. The average molecular weight is 568 g/mol. The van der Waals surface area contributed by atoms with E-state index >= 15 is 0 Å². The molecule has 10 nitrogen and oxygen atoms in total. The molecule has 1 saturated heterocycles. The van der Waals surface area contributed by atoms with Gasteiger partial charge in [-0.05, 0) is 30.7 Å². The number of fused-ring (bicyclic) bond motifs is 2. The Hall–Kier alpha value is -4.04. The van der Waals surface area contributed by atoms with Crippen molar-refractivity contribution in [2.75, 3.05) is 11.4 Å². The standard InChI is InChI=1S/C24H15ClFN9O.2H2S/c25-17-4-5-34-20(17)24(36)35(16-3-1-2-15(26)7-16)22(32-34)18-6-13(8-27)11-33(18)23-19-14(9-28)10-29-21(19)30-12-31-23;;/h1-5,7,10,12-13,18H,6,11H2,(H,29,30,31);2*1H2/t13-,18+;;/m1../s1. The molecule has 192 valence electrons. The number of nitriles is 2. The molecule has 6 rings (SSSR count). The third-order valence-electron chi connectivity index (χ3n) is 6.35. The summed E-state index contributed by atoms with van der Waals surface area (Å²) in [6, 6.07) is 11.0. The van der Waals surface area contributed by atoms with E-state index in [0.717, 1.165) is 0 Å². The van der Waals surface area contributed by atoms with Gasteiger partial charge in [-0.1, -0.05) is 17.7 Å². The Morgan fingerprint density at radius 2 is 2.00 bits per heavy atom. The van der Waals surface area contributed by atoms with Gasteiger partial charge >= 0.3 is 0 Å². The van der Waals surface area contributed by atoms with Crippen LogP contribution < -0.4 is 10.5 Å². The Bertz CT molecular complexity index is 1820. The number of aromatic amines is 1. The van der Waals surface area contributed by atoms with Crippen molar-refractivity contribution in [3.8, 4) is 17.8 Å². The Balaban J connectivity index is 0.00000168. The molecular formula is C24H19ClFN9OS2. The minimum absolute atomic E-state index is 0. The fourth-order valence-corrected chi connectivity index (χ4v) is 5.01. The molecular weight excluding hydrogens is 549 g/mol. The number of anilines is 1. The molecule has 5 heterocycles. The van der Waals surface area contributed by atoms with E-state index in [4.69, 9.17) is 16.7 Å². The van der Waals surface area contributed by atoms with Crippen molar-refractivity contribution in [1.82, 2.24) is 29.1 Å². The van der Waals surface area contributed by atoms with Gasteiger partial charge in [0.2, 0.25) is 0 Å². The minimum atomic E-state index is -0.601. The lowest BCUT2D eigenvalue weighted by atomic mass is 10.1. The molecule has 0 amide bonds. The molecule has 2 atom stereocenters. The molecule has 1 N–H and O–H groups in total. The lowest BCUT2D eigenvalue weighted by Gasteiger charge is -2.27. The average Bonchev–Trinajstić information content (AvgIpc) is 3.60. The first kappa shape index (κ1) is 27.0. The normalized spacial score (nSPS) is 16.6. The monoisotopic (exact) mass is 567 g/mol. The zero-order valence-corrected chi connectivity index (χ0v) is 22.2. The predicted octanol–water partition coefficient (Wildman–Crippen LogP) is 3.74. The van der Waals surface area contributed by atoms with E-state index in [1.165, 1.54) is 33.6 Å². The molecule has 0 radical (unpaired) electrons. The highest BCUT2D eigenvalue weighted by molar-refractivity contribution is 7.59. The van der Waals surface area contributed by atoms with Crippen molar-refractivity contribution >= 4 is 61.0 Å². The summed E-state index contributed by atoms with van der Waals surface area (Å²) in [7, 11) is 0. The van der Waals surface area contributed by atoms with Gasteiger partial charge in [-0.3, -0.25) is 9.36 Å². The van der Waals surface area contributed by atoms with E-state index in [-0.39, 0.29) is 55.6 Å². The maximum absolute atomic E-state index is 14.2. The molecule has 4 aromatic heterocycles. The van der Waals surface area contributed by atoms with Gasteiger partial charge in [0.1, 0.15) is 35.2 Å². The molecule has 1 aliphatic heterocycles. The molecule has 0 saturated carbocycles. The summed E-state index contributed by atoms with van der Waals surface area (Å²) in [5.74, 6) is -0.213. The number of hydrogen-bond donors (Lipinski definition) is 1. The number of halogens is 2. The minimum Gasteiger partial charge on any atom is -0.345 e. The van der Waals surface area contributed by atoms with Crippen LogP contribution in [0.3, 0.4) is 0 Å². The molecule has 1 aromatic carbocycles. The number of nitrogens with zero attached hydrogens (tertiary/aromatic N) is 8. The number of benzene rings is 1. The maximum Gasteiger partial charge on any atom is 0.284 e. The van der Waals surface area contributed by atoms with Crippen LogP contribution in [0.4, 0.5) is 10.2 Å². The summed E-state index contributed by atoms with van der Waals surface area (Å²) in [5, 5.41) is 24.9. The van der Waals surface area contributed by atoms with Crippen LogP contribution in [0.25, 0.3) is 22.2 Å². The van der Waals surface area contributed by atoms with E-state index in [2.05, 4.69) is 27.1 Å². The Morgan fingerprint density at radius 3 is 2.74 bits per heavy atom. The smallest absolute Gasteiger partial charge is 0.284 e. The fraction of sp³-hybridized carbons (Fsp3) is 0.167. The van der Waals surface area contributed by atoms with Crippen molar-refractivity contribution in [1.29, 1.82) is 10.5 Å². The molecule has 0 spiro atoms. The summed E-state index contributed by atoms with van der Waals surface area (Å²) in [6.07, 6.45) is 4.82. The third kappa shape index (κ3) is 4.15. The van der Waals surface area contributed by atoms with Gasteiger partial charge in [-0.25, -0.2) is 18.9 Å². The molecule has 1 fully saturated rings. The van der Waals surface area contributed by atoms with Crippen LogP contribution in [-0.2, 0) is 0 Å². The summed E-state index contributed by atoms with van der Waals surface area (Å²) < 4.78 is 16.9. The first-order chi connectivity index (χ1) is 17.5. The first-order valence-corrected chi connectivity index (χ1v) is 11.3. The largest absolute Gasteiger partial charge is 0.345 e. The molecule has 1 aliphatic rings. The first-order valence-electron chi connectivity index (χ1n) is 10.9. The van der Waals surface area contributed by atoms with Crippen molar-refractivity contribution < 1.29 is 4.39 Å². The highest BCUT2D eigenvalue weighted by Crippen LogP contribution is 2.40. The molecule has 38 heavy (non-hydrogen) atoms. The molecule has 0 unspecified atom stereocenters. The van der Waals surface area contributed by atoms with E-state index in [1.54, 1.807) is 24.5 Å². The van der Waals surface area contributed by atoms with Gasteiger partial charge in [-0.15, -0.1) is 0 Å². The van der Waals surface area contributed by atoms with Gasteiger partial charge in [0.25, 0.3) is 5.56 Å². The second-order valence-electron chi connectivity index (χ2n) is 8.40. The van der Waals surface area contributed by atoms with Crippen LogP contribution in [-0.4, -0.2) is 35.7 Å². The summed E-state index contributed by atoms with van der Waals surface area (Å²) in [6.45, 7) is 0.285. The lowest BCUT2D eigenvalue weighted by Crippen LogP contribution is -2.33. The van der Waals surface area contributed by atoms with Crippen LogP contribution in [0.5, 0.6) is 0 Å². The van der Waals surface area contributed by atoms with Gasteiger partial charge < -0.3 is 9.88 Å². The molecule has 0 bridgehead atoms. The second kappa shape index (κ2) is 10.4. The van der Waals surface area contributed by atoms with E-state index in [9.17, 15) is 19.7 Å². The van der Waals surface area contributed by atoms with Gasteiger partial charge in [0.15, 0.2) is 5.82 Å². The lowest BCUT2D eigenvalue weighted by molar-refractivity contribution is 0.584. The quantitative estimate of drug-likeness (QED) is 0.351. The van der Waals surface area contributed by atoms with Crippen molar-refractivity contribution in [2.45, 2.75) is 12.5 Å². The Labute approximate surface area is 233 Å². The van der Waals surface area contributed by atoms with Crippen molar-refractivity contribution in [3.63, 3.8) is 0 Å². The topological polar surface area (TPSA) is 132 Å². The van der Waals surface area contributed by atoms with Crippen LogP contribution in [0, 0.1) is 34.4 Å². The maximum atomic E-state index is 14.2. The fourth-order valence-electron chi connectivity index (χ4n) is 4.79. The Morgan fingerprint density at radius 1 is 1.18 bits per heavy atom. The SMILES string of the molecule is N#Cc1c[nH]c2ncnc(N3C[C@@H](C#N)C[C@H]3c3nn4ccc(Cl)c4c(=O)n3-c3cccc(F)c3)c12.S.S. The summed E-state index contributed by atoms with van der Waals surface area (Å²) in [4.78, 5) is 27.2. The van der Waals surface area contributed by atoms with Crippen molar-refractivity contribution in [3.05, 3.63) is 81.6 Å². The zero-order chi connectivity index (χ0) is 25.0. The van der Waals surface area contributed by atoms with Crippen LogP contribution in [0.2, 0.25) is 5.02 Å². The van der Waals surface area contributed by atoms with Gasteiger partial charge in [0, 0.05) is 18.9 Å². The van der Waals surface area contributed by atoms with Crippen molar-refractivity contribution in [2.24, 2.45) is 5.92 Å². The van der Waals surface area contributed by atoms with Crippen LogP contribution >= 0.6 is 38.6 Å². The highest BCUT2D eigenvalue weighted by Gasteiger charge is 2.39. The van der Waals surface area contributed by atoms with E-state index in [1.807, 2.05) is 4.90 Å². The predicted molar refractivity (Wildman–Crippen MR) is 149 cm³/mol. The molecule has 0 aliphatic carbocycles. The summed E-state index contributed by atoms with van der Waals surface area (Å²) >= 11 is 6.28. The number of hydrogen-bond acceptors (Lipinski definition) is 7. The number of nitrogens with one attached hydrogen (secondary N) is 1.